The van der Waals surface area contributed by atoms with Gasteiger partial charge in [0.2, 0.25) is 8.32 Å². The summed E-state index contributed by atoms with van der Waals surface area (Å²) in [6, 6.07) is 21.6. The van der Waals surface area contributed by atoms with Crippen LogP contribution in [0.1, 0.15) is 20.8 Å². The second-order valence-corrected chi connectivity index (χ2v) is 17.8. The molecule has 2 heterocycles. The lowest BCUT2D eigenvalue weighted by molar-refractivity contribution is 0.411. The molecule has 0 saturated heterocycles. The van der Waals surface area contributed by atoms with E-state index in [1.165, 1.54) is 0 Å². The molecule has 5 aromatic rings. The van der Waals surface area contributed by atoms with E-state index >= 15 is 0 Å². The molecule has 208 valence electrons. The van der Waals surface area contributed by atoms with E-state index in [-0.39, 0.29) is 5.04 Å². The van der Waals surface area contributed by atoms with Gasteiger partial charge < -0.3 is 14.5 Å². The molecular weight excluding hydrogens is 670 g/mol. The molecule has 2 aromatic heterocycles. The highest BCUT2D eigenvalue weighted by atomic mass is 79.9. The average Bonchev–Trinajstić information content (AvgIpc) is 2.89. The molecule has 5 rings (SSSR count). The van der Waals surface area contributed by atoms with E-state index in [0.717, 1.165) is 58.6 Å². The Hall–Kier alpha value is -2.65. The molecule has 9 heteroatoms. The molecule has 0 aliphatic heterocycles. The van der Waals surface area contributed by atoms with Gasteiger partial charge in [0, 0.05) is 61.7 Å². The fraction of sp³-hybridized carbons (Fsp3) is 0.226. The van der Waals surface area contributed by atoms with E-state index in [2.05, 4.69) is 87.1 Å². The summed E-state index contributed by atoms with van der Waals surface area (Å²) in [4.78, 5) is 8.62. The number of methoxy groups -OCH3 is 1. The van der Waals surface area contributed by atoms with Crippen LogP contribution < -0.4 is 14.5 Å². The smallest absolute Gasteiger partial charge is 0.250 e. The molecule has 0 spiro atoms. The molecule has 0 saturated carbocycles. The minimum atomic E-state index is -1.95. The van der Waals surface area contributed by atoms with Crippen molar-refractivity contribution < 1.29 is 9.16 Å². The van der Waals surface area contributed by atoms with E-state index < -0.39 is 8.32 Å². The Bertz CT molecular complexity index is 1660. The molecule has 0 amide bonds. The van der Waals surface area contributed by atoms with Gasteiger partial charge in [-0.25, -0.2) is 0 Å². The van der Waals surface area contributed by atoms with Crippen LogP contribution in [0.3, 0.4) is 0 Å². The van der Waals surface area contributed by atoms with Crippen LogP contribution in [0.15, 0.2) is 88.1 Å². The van der Waals surface area contributed by atoms with Crippen molar-refractivity contribution in [3.05, 3.63) is 93.1 Å². The second-order valence-electron chi connectivity index (χ2n) is 10.9. The van der Waals surface area contributed by atoms with Crippen LogP contribution in [0.2, 0.25) is 23.2 Å². The second kappa shape index (κ2) is 12.5. The number of pyridine rings is 2. The molecule has 0 unspecified atom stereocenters. The van der Waals surface area contributed by atoms with Gasteiger partial charge in [-0.1, -0.05) is 64.2 Å². The zero-order chi connectivity index (χ0) is 29.1. The van der Waals surface area contributed by atoms with Gasteiger partial charge >= 0.3 is 0 Å². The molecule has 5 nitrogen and oxygen atoms in total. The fourth-order valence-corrected chi connectivity index (χ4v) is 5.68. The Morgan fingerprint density at radius 1 is 0.775 bits per heavy atom. The third kappa shape index (κ3) is 7.35. The lowest BCUT2D eigenvalue weighted by Crippen LogP contribution is -2.43. The minimum absolute atomic E-state index is 0.122. The zero-order valence-electron chi connectivity index (χ0n) is 23.4. The summed E-state index contributed by atoms with van der Waals surface area (Å²) in [7, 11) is -0.272. The molecule has 40 heavy (non-hydrogen) atoms. The summed E-state index contributed by atoms with van der Waals surface area (Å²) in [5.41, 5.74) is 3.76. The van der Waals surface area contributed by atoms with Gasteiger partial charge in [-0.05, 0) is 66.7 Å². The van der Waals surface area contributed by atoms with Crippen LogP contribution in [-0.2, 0) is 0 Å². The van der Waals surface area contributed by atoms with Crippen LogP contribution in [-0.4, -0.2) is 25.4 Å². The molecule has 0 atom stereocenters. The van der Waals surface area contributed by atoms with Gasteiger partial charge in [-0.2, -0.15) is 0 Å². The van der Waals surface area contributed by atoms with Gasteiger partial charge in [0.05, 0.1) is 23.2 Å². The van der Waals surface area contributed by atoms with E-state index in [1.54, 1.807) is 19.4 Å². The van der Waals surface area contributed by atoms with Crippen molar-refractivity contribution in [1.82, 2.24) is 9.97 Å². The SMILES string of the molecule is COc1cc(Nc2ccnc3ccc(Br)cc23)cc(O[Si](C)(C)C(C)(C)C)c1.Clc1ccnc2ccc(Br)cc12. The number of hydrogen-bond acceptors (Lipinski definition) is 5. The number of rotatable bonds is 5. The summed E-state index contributed by atoms with van der Waals surface area (Å²) >= 11 is 12.9. The van der Waals surface area contributed by atoms with Crippen molar-refractivity contribution in [2.45, 2.75) is 38.9 Å². The van der Waals surface area contributed by atoms with Crippen LogP contribution in [0.4, 0.5) is 11.4 Å². The van der Waals surface area contributed by atoms with Gasteiger partial charge in [0.15, 0.2) is 0 Å². The maximum absolute atomic E-state index is 6.49. The van der Waals surface area contributed by atoms with Crippen LogP contribution in [0.25, 0.3) is 21.8 Å². The molecule has 1 N–H and O–H groups in total. The number of aromatic nitrogens is 2. The average molecular weight is 702 g/mol. The first-order chi connectivity index (χ1) is 18.9. The predicted octanol–water partition coefficient (Wildman–Crippen LogP) is 10.8. The lowest BCUT2D eigenvalue weighted by Gasteiger charge is -2.36. The Balaban J connectivity index is 0.000000255. The van der Waals surface area contributed by atoms with Gasteiger partial charge in [-0.3, -0.25) is 9.97 Å². The molecule has 0 aliphatic rings. The molecule has 3 aromatic carbocycles. The van der Waals surface area contributed by atoms with E-state index in [4.69, 9.17) is 20.8 Å². The quantitative estimate of drug-likeness (QED) is 0.185. The number of nitrogens with one attached hydrogen (secondary N) is 1. The van der Waals surface area contributed by atoms with Crippen LogP contribution >= 0.6 is 43.5 Å². The fourth-order valence-electron chi connectivity index (χ4n) is 3.74. The monoisotopic (exact) mass is 699 g/mol. The first-order valence-corrected chi connectivity index (χ1v) is 17.6. The summed E-state index contributed by atoms with van der Waals surface area (Å²) in [5.74, 6) is 1.59. The first kappa shape index (κ1) is 30.3. The van der Waals surface area contributed by atoms with Crippen molar-refractivity contribution in [3.8, 4) is 11.5 Å². The highest BCUT2D eigenvalue weighted by Crippen LogP contribution is 2.39. The third-order valence-electron chi connectivity index (χ3n) is 6.93. The Morgan fingerprint density at radius 2 is 1.35 bits per heavy atom. The highest BCUT2D eigenvalue weighted by molar-refractivity contribution is 9.10. The number of hydrogen-bond donors (Lipinski definition) is 1. The van der Waals surface area contributed by atoms with E-state index in [0.29, 0.717) is 0 Å². The lowest BCUT2D eigenvalue weighted by atomic mass is 10.2. The highest BCUT2D eigenvalue weighted by Gasteiger charge is 2.39. The normalized spacial score (nSPS) is 11.6. The number of halogens is 3. The maximum atomic E-state index is 6.49. The summed E-state index contributed by atoms with van der Waals surface area (Å²) < 4.78 is 14.0. The number of fused-ring (bicyclic) bond motifs is 2. The van der Waals surface area contributed by atoms with Crippen molar-refractivity contribution in [1.29, 1.82) is 0 Å². The zero-order valence-corrected chi connectivity index (χ0v) is 28.3. The van der Waals surface area contributed by atoms with Gasteiger partial charge in [0.25, 0.3) is 0 Å². The predicted molar refractivity (Wildman–Crippen MR) is 178 cm³/mol. The summed E-state index contributed by atoms with van der Waals surface area (Å²) in [5, 5.41) is 6.40. The first-order valence-electron chi connectivity index (χ1n) is 12.8. The largest absolute Gasteiger partial charge is 0.543 e. The third-order valence-corrected chi connectivity index (χ3v) is 12.6. The molecule has 0 radical (unpaired) electrons. The number of ether oxygens (including phenoxy) is 1. The molecule has 0 aliphatic carbocycles. The number of nitrogens with zero attached hydrogens (tertiary/aromatic N) is 2. The van der Waals surface area contributed by atoms with Crippen LogP contribution in [0.5, 0.6) is 11.5 Å². The Kier molecular flexibility index (Phi) is 9.45. The van der Waals surface area contributed by atoms with Crippen molar-refractivity contribution >= 4 is 85.0 Å². The van der Waals surface area contributed by atoms with Crippen molar-refractivity contribution in [3.63, 3.8) is 0 Å². The van der Waals surface area contributed by atoms with Crippen LogP contribution in [0, 0.1) is 0 Å². The van der Waals surface area contributed by atoms with Gasteiger partial charge in [-0.15, -0.1) is 0 Å². The number of benzene rings is 3. The topological polar surface area (TPSA) is 56.3 Å². The van der Waals surface area contributed by atoms with Crippen molar-refractivity contribution in [2.75, 3.05) is 12.4 Å². The van der Waals surface area contributed by atoms with Crippen molar-refractivity contribution in [2.24, 2.45) is 0 Å². The minimum Gasteiger partial charge on any atom is -0.543 e. The standard InChI is InChI=1S/C22H27BrN2O2Si.C9H5BrClN/c1-22(2,3)28(5,6)27-18-13-16(12-17(14-18)26-4)25-21-9-10-24-20-8-7-15(23)11-19(20)21;10-6-1-2-9-7(5-6)8(11)3-4-12-9/h7-14H,1-6H3,(H,24,25);1-5H. The number of anilines is 2. The van der Waals surface area contributed by atoms with Gasteiger partial charge in [0.1, 0.15) is 11.5 Å². The Labute approximate surface area is 258 Å². The maximum Gasteiger partial charge on any atom is 0.250 e. The van der Waals surface area contributed by atoms with E-state index in [1.807, 2.05) is 60.8 Å². The summed E-state index contributed by atoms with van der Waals surface area (Å²) in [6.45, 7) is 11.2. The molecular formula is C31H32Br2ClN3O2Si. The Morgan fingerprint density at radius 3 is 1.98 bits per heavy atom. The molecule has 0 fully saturated rings. The molecule has 0 bridgehead atoms. The summed E-state index contributed by atoms with van der Waals surface area (Å²) in [6.07, 6.45) is 3.52. The van der Waals surface area contributed by atoms with E-state index in [9.17, 15) is 0 Å².